The molecular weight excluding hydrogens is 780 g/mol. The van der Waals surface area contributed by atoms with E-state index in [9.17, 15) is 45.3 Å². The normalized spacial score (nSPS) is 27.5. The summed E-state index contributed by atoms with van der Waals surface area (Å²) in [5, 5.41) is 71.3. The highest BCUT2D eigenvalue weighted by Crippen LogP contribution is 2.26. The number of carbonyl (C=O) groups excluding carboxylic acids is 2. The zero-order valence-electron chi connectivity index (χ0n) is 37.0. The first-order valence-corrected chi connectivity index (χ1v) is 23.6. The summed E-state index contributed by atoms with van der Waals surface area (Å²) in [5.74, 6) is -1.01. The lowest BCUT2D eigenvalue weighted by atomic mass is 9.98. The predicted molar refractivity (Wildman–Crippen MR) is 225 cm³/mol. The van der Waals surface area contributed by atoms with Crippen LogP contribution in [-0.4, -0.2) is 142 Å². The molecule has 2 saturated heterocycles. The molecular formula is C45H84O15. The average molecular weight is 865 g/mol. The lowest BCUT2D eigenvalue weighted by molar-refractivity contribution is -0.332. The molecule has 2 heterocycles. The molecule has 0 aromatic rings. The molecule has 0 saturated carbocycles. The van der Waals surface area contributed by atoms with Crippen LogP contribution in [0.4, 0.5) is 0 Å². The Hall–Kier alpha value is -1.50. The zero-order valence-corrected chi connectivity index (χ0v) is 37.0. The van der Waals surface area contributed by atoms with Crippen molar-refractivity contribution in [3.8, 4) is 0 Å². The molecule has 0 aromatic heterocycles. The quantitative estimate of drug-likeness (QED) is 0.0315. The molecule has 60 heavy (non-hydrogen) atoms. The standard InChI is InChI=1S/C45H84O15/c1-3-5-6-7-8-9-10-11-12-13-14-15-16-17-18-19-20-21-22-23-24-25-26-27-28-37(48)58-33(30-55-36(47)4-2)31-56-44-43(54)41(52)39(50)35(60-44)32-57-45-42(53)40(51)38(49)34(29-46)59-45/h33-35,38-46,49-54H,3-32H2,1-2H3. The summed E-state index contributed by atoms with van der Waals surface area (Å²) in [6, 6.07) is 0. The maximum atomic E-state index is 12.7. The summed E-state index contributed by atoms with van der Waals surface area (Å²) in [4.78, 5) is 24.6. The molecule has 7 N–H and O–H groups in total. The molecule has 2 aliphatic heterocycles. The Bertz CT molecular complexity index is 1070. The van der Waals surface area contributed by atoms with Gasteiger partial charge in [-0.3, -0.25) is 9.59 Å². The number of rotatable bonds is 36. The second-order valence-electron chi connectivity index (χ2n) is 16.9. The first-order chi connectivity index (χ1) is 29.0. The van der Waals surface area contributed by atoms with E-state index in [1.165, 1.54) is 128 Å². The molecule has 11 atom stereocenters. The van der Waals surface area contributed by atoms with Gasteiger partial charge in [0.2, 0.25) is 0 Å². The van der Waals surface area contributed by atoms with Crippen LogP contribution in [0.1, 0.15) is 181 Å². The largest absolute Gasteiger partial charge is 0.462 e. The first kappa shape index (κ1) is 54.6. The van der Waals surface area contributed by atoms with Gasteiger partial charge in [-0.15, -0.1) is 0 Å². The number of hydrogen-bond donors (Lipinski definition) is 7. The highest BCUT2D eigenvalue weighted by molar-refractivity contribution is 5.70. The molecule has 0 amide bonds. The fraction of sp³-hybridized carbons (Fsp3) is 0.956. The van der Waals surface area contributed by atoms with Crippen molar-refractivity contribution in [1.29, 1.82) is 0 Å². The average Bonchev–Trinajstić information content (AvgIpc) is 3.25. The van der Waals surface area contributed by atoms with E-state index in [-0.39, 0.29) is 26.1 Å². The SMILES string of the molecule is CCCCCCCCCCCCCCCCCCCCCCCCCCC(=O)OC(COC(=O)CC)COC1OC(COC2OC(CO)C(O)C(O)C2O)C(O)C(O)C1O. The molecule has 15 heteroatoms. The Morgan fingerprint density at radius 1 is 0.483 bits per heavy atom. The fourth-order valence-electron chi connectivity index (χ4n) is 7.67. The summed E-state index contributed by atoms with van der Waals surface area (Å²) < 4.78 is 32.8. The van der Waals surface area contributed by atoms with Gasteiger partial charge in [-0.2, -0.15) is 0 Å². The third-order valence-electron chi connectivity index (χ3n) is 11.6. The number of unbranched alkanes of at least 4 members (excludes halogenated alkanes) is 23. The van der Waals surface area contributed by atoms with E-state index < -0.39 is 92.7 Å². The number of esters is 2. The molecule has 2 aliphatic rings. The van der Waals surface area contributed by atoms with Crippen LogP contribution in [0.5, 0.6) is 0 Å². The summed E-state index contributed by atoms with van der Waals surface area (Å²) in [6.07, 6.45) is 14.4. The van der Waals surface area contributed by atoms with E-state index in [0.717, 1.165) is 19.3 Å². The summed E-state index contributed by atoms with van der Waals surface area (Å²) in [5.41, 5.74) is 0. The molecule has 0 spiro atoms. The Labute approximate surface area is 359 Å². The highest BCUT2D eigenvalue weighted by Gasteiger charge is 2.47. The molecule has 354 valence electrons. The minimum absolute atomic E-state index is 0.103. The predicted octanol–water partition coefficient (Wildman–Crippen LogP) is 5.26. The van der Waals surface area contributed by atoms with Gasteiger partial charge in [-0.25, -0.2) is 0 Å². The van der Waals surface area contributed by atoms with Crippen molar-refractivity contribution >= 4 is 11.9 Å². The van der Waals surface area contributed by atoms with E-state index in [1.807, 2.05) is 0 Å². The lowest BCUT2D eigenvalue weighted by Gasteiger charge is -2.42. The Kier molecular flexibility index (Phi) is 30.9. The molecule has 0 radical (unpaired) electrons. The third kappa shape index (κ3) is 22.7. The van der Waals surface area contributed by atoms with Crippen LogP contribution in [0.25, 0.3) is 0 Å². The first-order valence-electron chi connectivity index (χ1n) is 23.6. The van der Waals surface area contributed by atoms with Gasteiger partial charge in [0, 0.05) is 12.8 Å². The number of aliphatic hydroxyl groups excluding tert-OH is 7. The van der Waals surface area contributed by atoms with Crippen molar-refractivity contribution in [3.05, 3.63) is 0 Å². The van der Waals surface area contributed by atoms with Gasteiger partial charge in [-0.05, 0) is 6.42 Å². The minimum Gasteiger partial charge on any atom is -0.462 e. The molecule has 2 fully saturated rings. The van der Waals surface area contributed by atoms with Gasteiger partial charge < -0.3 is 64.2 Å². The van der Waals surface area contributed by atoms with Gasteiger partial charge in [0.05, 0.1) is 19.8 Å². The van der Waals surface area contributed by atoms with E-state index in [1.54, 1.807) is 6.92 Å². The summed E-state index contributed by atoms with van der Waals surface area (Å²) >= 11 is 0. The monoisotopic (exact) mass is 865 g/mol. The van der Waals surface area contributed by atoms with Gasteiger partial charge >= 0.3 is 11.9 Å². The van der Waals surface area contributed by atoms with Crippen LogP contribution in [0.3, 0.4) is 0 Å². The zero-order chi connectivity index (χ0) is 44.0. The van der Waals surface area contributed by atoms with Crippen LogP contribution in [0, 0.1) is 0 Å². The van der Waals surface area contributed by atoms with Crippen LogP contribution in [0.2, 0.25) is 0 Å². The van der Waals surface area contributed by atoms with E-state index in [4.69, 9.17) is 28.4 Å². The van der Waals surface area contributed by atoms with E-state index >= 15 is 0 Å². The smallest absolute Gasteiger partial charge is 0.306 e. The molecule has 15 nitrogen and oxygen atoms in total. The highest BCUT2D eigenvalue weighted by atomic mass is 16.7. The number of hydrogen-bond acceptors (Lipinski definition) is 15. The van der Waals surface area contributed by atoms with Crippen LogP contribution in [-0.2, 0) is 38.0 Å². The summed E-state index contributed by atoms with van der Waals surface area (Å²) in [7, 11) is 0. The molecule has 2 rings (SSSR count). The van der Waals surface area contributed by atoms with Crippen molar-refractivity contribution in [3.63, 3.8) is 0 Å². The molecule has 0 aliphatic carbocycles. The molecule has 0 bridgehead atoms. The Morgan fingerprint density at radius 2 is 0.883 bits per heavy atom. The van der Waals surface area contributed by atoms with Gasteiger partial charge in [0.25, 0.3) is 0 Å². The van der Waals surface area contributed by atoms with Crippen LogP contribution >= 0.6 is 0 Å². The second kappa shape index (κ2) is 34.0. The van der Waals surface area contributed by atoms with Gasteiger partial charge in [-0.1, -0.05) is 162 Å². The van der Waals surface area contributed by atoms with Crippen molar-refractivity contribution in [2.24, 2.45) is 0 Å². The summed E-state index contributed by atoms with van der Waals surface area (Å²) in [6.45, 7) is 2.00. The van der Waals surface area contributed by atoms with Crippen molar-refractivity contribution in [1.82, 2.24) is 0 Å². The number of aliphatic hydroxyl groups is 7. The number of ether oxygens (including phenoxy) is 6. The molecule has 0 aromatic carbocycles. The van der Waals surface area contributed by atoms with Crippen LogP contribution < -0.4 is 0 Å². The number of carbonyl (C=O) groups is 2. The fourth-order valence-corrected chi connectivity index (χ4v) is 7.67. The molecule has 11 unspecified atom stereocenters. The van der Waals surface area contributed by atoms with Crippen molar-refractivity contribution < 1.29 is 73.8 Å². The van der Waals surface area contributed by atoms with Crippen LogP contribution in [0.15, 0.2) is 0 Å². The topological polar surface area (TPSA) is 231 Å². The van der Waals surface area contributed by atoms with E-state index in [0.29, 0.717) is 6.42 Å². The minimum atomic E-state index is -1.75. The van der Waals surface area contributed by atoms with E-state index in [2.05, 4.69) is 6.92 Å². The van der Waals surface area contributed by atoms with Gasteiger partial charge in [0.15, 0.2) is 18.7 Å². The Morgan fingerprint density at radius 3 is 1.32 bits per heavy atom. The lowest BCUT2D eigenvalue weighted by Crippen LogP contribution is -2.61. The van der Waals surface area contributed by atoms with Gasteiger partial charge in [0.1, 0.15) is 55.4 Å². The maximum absolute atomic E-state index is 12.7. The van der Waals surface area contributed by atoms with Crippen molar-refractivity contribution in [2.45, 2.75) is 248 Å². The van der Waals surface area contributed by atoms with Crippen molar-refractivity contribution in [2.75, 3.05) is 26.4 Å². The third-order valence-corrected chi connectivity index (χ3v) is 11.6. The Balaban J connectivity index is 1.57. The maximum Gasteiger partial charge on any atom is 0.306 e. The second-order valence-corrected chi connectivity index (χ2v) is 16.9.